The lowest BCUT2D eigenvalue weighted by atomic mass is 9.70. The summed E-state index contributed by atoms with van der Waals surface area (Å²) in [6.45, 7) is 9.52. The molecule has 3 aliphatic heterocycles. The SMILES string of the molecule is C=CCN(C(=O)C1N([C@@H](CO)[C@@H](C)CC)C(=O)[C@@H]2[C@@H](C(=O)OCC)[C@@H]3OC12CC3Br)c1ccc(OC)cc1. The monoisotopic (exact) mass is 592 g/mol. The number of carbonyl (C=O) groups is 3. The summed E-state index contributed by atoms with van der Waals surface area (Å²) in [5, 5.41) is 10.5. The molecule has 3 aliphatic rings. The van der Waals surface area contributed by atoms with Crippen LogP contribution in [0.3, 0.4) is 0 Å². The molecular weight excluding hydrogens is 556 g/mol. The van der Waals surface area contributed by atoms with Crippen LogP contribution in [0, 0.1) is 17.8 Å². The Bertz CT molecular complexity index is 1070. The lowest BCUT2D eigenvalue weighted by Crippen LogP contribution is -2.60. The van der Waals surface area contributed by atoms with Crippen LogP contribution < -0.4 is 9.64 Å². The summed E-state index contributed by atoms with van der Waals surface area (Å²) >= 11 is 3.66. The first-order valence-electron chi connectivity index (χ1n) is 13.2. The Morgan fingerprint density at radius 3 is 2.58 bits per heavy atom. The molecule has 1 aromatic carbocycles. The molecule has 0 saturated carbocycles. The second-order valence-electron chi connectivity index (χ2n) is 10.2. The molecule has 0 radical (unpaired) electrons. The first-order chi connectivity index (χ1) is 18.2. The standard InChI is InChI=1S/C28H37BrN2O7/c1-6-13-30(17-9-11-18(36-5)12-10-17)26(34)24-28-14-19(29)23(38-28)21(27(35)37-8-3)22(28)25(33)31(24)20(15-32)16(4)7-2/h6,9-12,16,19-24,32H,1,7-8,13-15H2,2-5H3/t16-,19?,20-,21+,22-,23+,24?,28?/m0/s1. The zero-order chi connectivity index (χ0) is 27.8. The maximum atomic E-state index is 14.6. The number of hydrogen-bond acceptors (Lipinski definition) is 7. The van der Waals surface area contributed by atoms with Gasteiger partial charge in [-0.25, -0.2) is 0 Å². The van der Waals surface area contributed by atoms with Gasteiger partial charge in [-0.15, -0.1) is 6.58 Å². The highest BCUT2D eigenvalue weighted by Crippen LogP contribution is 2.61. The van der Waals surface area contributed by atoms with Crippen LogP contribution in [-0.2, 0) is 23.9 Å². The van der Waals surface area contributed by atoms with Gasteiger partial charge in [0.05, 0.1) is 44.3 Å². The van der Waals surface area contributed by atoms with Crippen molar-refractivity contribution in [3.8, 4) is 5.75 Å². The maximum absolute atomic E-state index is 14.6. The number of alkyl halides is 1. The van der Waals surface area contributed by atoms with Gasteiger partial charge >= 0.3 is 5.97 Å². The van der Waals surface area contributed by atoms with E-state index in [2.05, 4.69) is 22.5 Å². The highest BCUT2D eigenvalue weighted by atomic mass is 79.9. The third-order valence-corrected chi connectivity index (χ3v) is 9.17. The van der Waals surface area contributed by atoms with Gasteiger partial charge in [-0.05, 0) is 43.5 Å². The summed E-state index contributed by atoms with van der Waals surface area (Å²) in [6.07, 6.45) is 2.09. The number of likely N-dealkylation sites (tertiary alicyclic amines) is 1. The lowest BCUT2D eigenvalue weighted by molar-refractivity contribution is -0.155. The van der Waals surface area contributed by atoms with Crippen molar-refractivity contribution in [2.75, 3.05) is 31.8 Å². The molecule has 10 heteroatoms. The van der Waals surface area contributed by atoms with Crippen LogP contribution >= 0.6 is 15.9 Å². The molecule has 2 bridgehead atoms. The number of methoxy groups -OCH3 is 1. The Morgan fingerprint density at radius 2 is 2.03 bits per heavy atom. The number of hydrogen-bond donors (Lipinski definition) is 1. The second kappa shape index (κ2) is 11.4. The Balaban J connectivity index is 1.85. The van der Waals surface area contributed by atoms with E-state index in [-0.39, 0.29) is 42.3 Å². The van der Waals surface area contributed by atoms with Gasteiger partial charge in [0.2, 0.25) is 5.91 Å². The fourth-order valence-corrected chi connectivity index (χ4v) is 7.33. The molecule has 4 rings (SSSR count). The van der Waals surface area contributed by atoms with E-state index in [1.807, 2.05) is 13.8 Å². The average Bonchev–Trinajstić information content (AvgIpc) is 3.51. The number of ether oxygens (including phenoxy) is 3. The van der Waals surface area contributed by atoms with Crippen molar-refractivity contribution in [2.24, 2.45) is 17.8 Å². The zero-order valence-electron chi connectivity index (χ0n) is 22.3. The molecule has 2 amide bonds. The number of nitrogens with zero attached hydrogens (tertiary/aromatic N) is 2. The number of amides is 2. The highest BCUT2D eigenvalue weighted by molar-refractivity contribution is 9.09. The molecule has 3 saturated heterocycles. The quantitative estimate of drug-likeness (QED) is 0.239. The molecule has 3 fully saturated rings. The Labute approximate surface area is 232 Å². The number of rotatable bonds is 11. The normalized spacial score (nSPS) is 31.1. The molecule has 0 aromatic heterocycles. The largest absolute Gasteiger partial charge is 0.497 e. The van der Waals surface area contributed by atoms with E-state index in [9.17, 15) is 19.5 Å². The van der Waals surface area contributed by atoms with E-state index < -0.39 is 41.6 Å². The second-order valence-corrected chi connectivity index (χ2v) is 11.4. The first kappa shape index (κ1) is 28.6. The topological polar surface area (TPSA) is 106 Å². The van der Waals surface area contributed by atoms with E-state index in [0.717, 1.165) is 0 Å². The summed E-state index contributed by atoms with van der Waals surface area (Å²) < 4.78 is 17.2. The summed E-state index contributed by atoms with van der Waals surface area (Å²) in [4.78, 5) is 44.8. The number of aliphatic hydroxyl groups is 1. The number of carbonyl (C=O) groups excluding carboxylic acids is 3. The Kier molecular flexibility index (Phi) is 8.54. The predicted octanol–water partition coefficient (Wildman–Crippen LogP) is 2.93. The summed E-state index contributed by atoms with van der Waals surface area (Å²) in [6, 6.07) is 5.40. The molecule has 3 heterocycles. The number of esters is 1. The zero-order valence-corrected chi connectivity index (χ0v) is 23.9. The van der Waals surface area contributed by atoms with Gasteiger partial charge in [0, 0.05) is 17.1 Å². The van der Waals surface area contributed by atoms with Gasteiger partial charge < -0.3 is 29.1 Å². The molecule has 38 heavy (non-hydrogen) atoms. The van der Waals surface area contributed by atoms with Crippen molar-refractivity contribution in [3.63, 3.8) is 0 Å². The molecule has 3 unspecified atom stereocenters. The van der Waals surface area contributed by atoms with Crippen molar-refractivity contribution in [1.29, 1.82) is 0 Å². The van der Waals surface area contributed by atoms with Crippen molar-refractivity contribution >= 4 is 39.4 Å². The molecule has 208 valence electrons. The number of fused-ring (bicyclic) bond motifs is 1. The number of benzene rings is 1. The highest BCUT2D eigenvalue weighted by Gasteiger charge is 2.77. The lowest BCUT2D eigenvalue weighted by Gasteiger charge is -2.41. The van der Waals surface area contributed by atoms with Crippen LogP contribution in [0.5, 0.6) is 5.75 Å². The average molecular weight is 594 g/mol. The molecular formula is C28H37BrN2O7. The summed E-state index contributed by atoms with van der Waals surface area (Å²) in [5.74, 6) is -2.38. The first-order valence-corrected chi connectivity index (χ1v) is 14.1. The van der Waals surface area contributed by atoms with Gasteiger partial charge in [0.25, 0.3) is 5.91 Å². The minimum absolute atomic E-state index is 0.0960. The third kappa shape index (κ3) is 4.44. The van der Waals surface area contributed by atoms with Gasteiger partial charge in [-0.2, -0.15) is 0 Å². The van der Waals surface area contributed by atoms with E-state index >= 15 is 0 Å². The van der Waals surface area contributed by atoms with E-state index in [0.29, 0.717) is 24.3 Å². The van der Waals surface area contributed by atoms with Gasteiger partial charge in [-0.1, -0.05) is 42.3 Å². The van der Waals surface area contributed by atoms with Gasteiger partial charge in [-0.3, -0.25) is 14.4 Å². The Morgan fingerprint density at radius 1 is 1.34 bits per heavy atom. The number of halogens is 1. The van der Waals surface area contributed by atoms with Crippen LogP contribution in [0.4, 0.5) is 5.69 Å². The molecule has 1 spiro atoms. The molecule has 8 atom stereocenters. The third-order valence-electron chi connectivity index (χ3n) is 8.33. The fraction of sp³-hybridized carbons (Fsp3) is 0.607. The minimum Gasteiger partial charge on any atom is -0.497 e. The summed E-state index contributed by atoms with van der Waals surface area (Å²) in [7, 11) is 1.57. The van der Waals surface area contributed by atoms with Gasteiger partial charge in [0.15, 0.2) is 0 Å². The van der Waals surface area contributed by atoms with E-state index in [1.165, 1.54) is 4.90 Å². The minimum atomic E-state index is -1.24. The molecule has 1 aromatic rings. The number of anilines is 1. The molecule has 0 aliphatic carbocycles. The van der Waals surface area contributed by atoms with Crippen LogP contribution in [0.2, 0.25) is 0 Å². The predicted molar refractivity (Wildman–Crippen MR) is 145 cm³/mol. The van der Waals surface area contributed by atoms with Gasteiger partial charge in [0.1, 0.15) is 17.4 Å². The van der Waals surface area contributed by atoms with Crippen LogP contribution in [0.15, 0.2) is 36.9 Å². The van der Waals surface area contributed by atoms with Crippen molar-refractivity contribution in [2.45, 2.75) is 62.2 Å². The molecule has 9 nitrogen and oxygen atoms in total. The van der Waals surface area contributed by atoms with E-state index in [4.69, 9.17) is 14.2 Å². The van der Waals surface area contributed by atoms with Crippen molar-refractivity contribution < 1.29 is 33.7 Å². The van der Waals surface area contributed by atoms with Crippen LogP contribution in [0.1, 0.15) is 33.6 Å². The Hall–Kier alpha value is -2.43. The van der Waals surface area contributed by atoms with Crippen LogP contribution in [0.25, 0.3) is 0 Å². The molecule has 1 N–H and O–H groups in total. The number of aliphatic hydroxyl groups excluding tert-OH is 1. The van der Waals surface area contributed by atoms with E-state index in [1.54, 1.807) is 49.3 Å². The maximum Gasteiger partial charge on any atom is 0.312 e. The van der Waals surface area contributed by atoms with Crippen LogP contribution in [-0.4, -0.2) is 83.3 Å². The fourth-order valence-electron chi connectivity index (χ4n) is 6.39. The summed E-state index contributed by atoms with van der Waals surface area (Å²) in [5.41, 5.74) is -0.631. The smallest absolute Gasteiger partial charge is 0.312 e. The van der Waals surface area contributed by atoms with Crippen molar-refractivity contribution in [1.82, 2.24) is 4.90 Å². The van der Waals surface area contributed by atoms with Crippen molar-refractivity contribution in [3.05, 3.63) is 36.9 Å².